The Morgan fingerprint density at radius 1 is 0.907 bits per heavy atom. The highest BCUT2D eigenvalue weighted by molar-refractivity contribution is 7.90. The standard InChI is InChI=1S/C39H40F2N8O4S/c1-24-17-34(45-49(24)22-26-9-15-30(53-5)16-10-26)48(21-25-7-13-29(52-4)14-8-25)38-35(27-11-12-27)36(28-20-42-46(2)23-28)43-39(44-38)47(3)37-32(40)18-31(19-33(37)41)54(6,50)51/h7-10,13-20,23,27H,11-12,21-22H2,1-6H3. The van der Waals surface area contributed by atoms with E-state index in [2.05, 4.69) is 5.10 Å². The second kappa shape index (κ2) is 14.5. The average molecular weight is 755 g/mol. The molecule has 3 heterocycles. The van der Waals surface area contributed by atoms with E-state index < -0.39 is 32.1 Å². The topological polar surface area (TPSA) is 120 Å². The van der Waals surface area contributed by atoms with Crippen LogP contribution in [0.15, 0.2) is 84.0 Å². The van der Waals surface area contributed by atoms with Gasteiger partial charge in [0.15, 0.2) is 27.3 Å². The van der Waals surface area contributed by atoms with Crippen LogP contribution in [0.1, 0.15) is 41.1 Å². The summed E-state index contributed by atoms with van der Waals surface area (Å²) >= 11 is 0. The summed E-state index contributed by atoms with van der Waals surface area (Å²) in [6, 6.07) is 19.1. The Bertz CT molecular complexity index is 2410. The van der Waals surface area contributed by atoms with Gasteiger partial charge in [-0.25, -0.2) is 22.2 Å². The molecule has 0 atom stereocenters. The minimum Gasteiger partial charge on any atom is -0.497 e. The summed E-state index contributed by atoms with van der Waals surface area (Å²) in [6.45, 7) is 2.82. The van der Waals surface area contributed by atoms with Crippen molar-refractivity contribution in [1.82, 2.24) is 29.5 Å². The molecule has 1 aliphatic carbocycles. The number of methoxy groups -OCH3 is 2. The van der Waals surface area contributed by atoms with Gasteiger partial charge < -0.3 is 19.3 Å². The Morgan fingerprint density at radius 3 is 2.06 bits per heavy atom. The third kappa shape index (κ3) is 7.49. The second-order valence-corrected chi connectivity index (χ2v) is 15.5. The Kier molecular flexibility index (Phi) is 9.83. The zero-order valence-electron chi connectivity index (χ0n) is 30.8. The predicted molar refractivity (Wildman–Crippen MR) is 202 cm³/mol. The molecule has 6 aromatic rings. The summed E-state index contributed by atoms with van der Waals surface area (Å²) in [5.41, 5.74) is 4.52. The molecule has 0 radical (unpaired) electrons. The Hall–Kier alpha value is -5.83. The monoisotopic (exact) mass is 754 g/mol. The van der Waals surface area contributed by atoms with Gasteiger partial charge in [0.05, 0.1) is 44.1 Å². The molecule has 1 saturated carbocycles. The van der Waals surface area contributed by atoms with Gasteiger partial charge in [-0.15, -0.1) is 0 Å². The molecule has 0 unspecified atom stereocenters. The van der Waals surface area contributed by atoms with Gasteiger partial charge in [0.25, 0.3) is 0 Å². The van der Waals surface area contributed by atoms with E-state index >= 15 is 8.78 Å². The zero-order valence-corrected chi connectivity index (χ0v) is 31.6. The van der Waals surface area contributed by atoms with Crippen molar-refractivity contribution in [3.8, 4) is 22.8 Å². The highest BCUT2D eigenvalue weighted by atomic mass is 32.2. The molecule has 0 aliphatic heterocycles. The van der Waals surface area contributed by atoms with Crippen LogP contribution in [-0.2, 0) is 30.0 Å². The normalized spacial score (nSPS) is 12.9. The quantitative estimate of drug-likeness (QED) is 0.121. The summed E-state index contributed by atoms with van der Waals surface area (Å²) < 4.78 is 70.1. The van der Waals surface area contributed by atoms with Crippen LogP contribution in [0.2, 0.25) is 0 Å². The molecule has 54 heavy (non-hydrogen) atoms. The number of hydrogen-bond donors (Lipinski definition) is 0. The summed E-state index contributed by atoms with van der Waals surface area (Å²) in [6.07, 6.45) is 6.23. The largest absolute Gasteiger partial charge is 0.497 e. The maximum absolute atomic E-state index is 15.7. The first-order valence-corrected chi connectivity index (χ1v) is 19.1. The van der Waals surface area contributed by atoms with Gasteiger partial charge in [-0.1, -0.05) is 24.3 Å². The Labute approximate surface area is 312 Å². The molecule has 0 N–H and O–H groups in total. The first-order chi connectivity index (χ1) is 25.8. The molecule has 1 fully saturated rings. The van der Waals surface area contributed by atoms with Gasteiger partial charge in [-0.2, -0.15) is 15.2 Å². The van der Waals surface area contributed by atoms with Crippen molar-refractivity contribution in [3.63, 3.8) is 0 Å². The number of rotatable bonds is 13. The lowest BCUT2D eigenvalue weighted by atomic mass is 10.0. The number of halogens is 2. The van der Waals surface area contributed by atoms with Crippen LogP contribution in [-0.4, -0.2) is 65.5 Å². The van der Waals surface area contributed by atoms with Crippen LogP contribution in [0.25, 0.3) is 11.3 Å². The molecule has 3 aromatic carbocycles. The van der Waals surface area contributed by atoms with E-state index in [-0.39, 0.29) is 11.9 Å². The SMILES string of the molecule is COc1ccc(CN(c2cc(C)n(Cc3ccc(OC)cc3)n2)c2nc(N(C)c3c(F)cc(S(C)(=O)=O)cc3F)nc(-c3cnn(C)c3)c2C2CC2)cc1. The summed E-state index contributed by atoms with van der Waals surface area (Å²) in [5, 5.41) is 9.50. The highest BCUT2D eigenvalue weighted by Gasteiger charge is 2.36. The minimum atomic E-state index is -3.88. The summed E-state index contributed by atoms with van der Waals surface area (Å²) in [7, 11) is 2.62. The molecular formula is C39H40F2N8O4S. The van der Waals surface area contributed by atoms with Crippen LogP contribution in [0, 0.1) is 18.6 Å². The van der Waals surface area contributed by atoms with E-state index in [1.54, 1.807) is 32.1 Å². The third-order valence-electron chi connectivity index (χ3n) is 9.42. The average Bonchev–Trinajstić information content (AvgIpc) is 3.80. The molecule has 1 aliphatic rings. The predicted octanol–water partition coefficient (Wildman–Crippen LogP) is 7.11. The van der Waals surface area contributed by atoms with Crippen molar-refractivity contribution in [2.45, 2.75) is 43.7 Å². The van der Waals surface area contributed by atoms with Crippen LogP contribution in [0.5, 0.6) is 11.5 Å². The molecule has 0 spiro atoms. The van der Waals surface area contributed by atoms with Crippen LogP contribution >= 0.6 is 0 Å². The minimum absolute atomic E-state index is 0.00715. The number of nitrogens with zero attached hydrogens (tertiary/aromatic N) is 8. The van der Waals surface area contributed by atoms with Crippen LogP contribution < -0.4 is 19.3 Å². The first kappa shape index (κ1) is 36.5. The molecule has 0 amide bonds. The first-order valence-electron chi connectivity index (χ1n) is 17.2. The molecule has 0 saturated heterocycles. The van der Waals surface area contributed by atoms with Crippen molar-refractivity contribution < 1.29 is 26.7 Å². The van der Waals surface area contributed by atoms with Gasteiger partial charge in [-0.3, -0.25) is 9.36 Å². The molecular weight excluding hydrogens is 715 g/mol. The van der Waals surface area contributed by atoms with E-state index in [1.807, 2.05) is 77.3 Å². The second-order valence-electron chi connectivity index (χ2n) is 13.4. The number of anilines is 4. The molecule has 7 rings (SSSR count). The number of aryl methyl sites for hydroxylation is 2. The van der Waals surface area contributed by atoms with Crippen molar-refractivity contribution in [3.05, 3.63) is 113 Å². The number of aromatic nitrogens is 6. The van der Waals surface area contributed by atoms with E-state index in [4.69, 9.17) is 24.5 Å². The van der Waals surface area contributed by atoms with Crippen molar-refractivity contribution >= 4 is 33.1 Å². The summed E-state index contributed by atoms with van der Waals surface area (Å²) in [4.78, 5) is 12.8. The Balaban J connectivity index is 1.42. The maximum atomic E-state index is 15.7. The lowest BCUT2D eigenvalue weighted by molar-refractivity contribution is 0.414. The molecule has 280 valence electrons. The fraction of sp³-hybridized carbons (Fsp3) is 0.282. The van der Waals surface area contributed by atoms with Gasteiger partial charge >= 0.3 is 0 Å². The van der Waals surface area contributed by atoms with E-state index in [1.165, 1.54) is 11.9 Å². The Morgan fingerprint density at radius 2 is 1.52 bits per heavy atom. The number of sulfone groups is 1. The van der Waals surface area contributed by atoms with E-state index in [0.29, 0.717) is 41.7 Å². The van der Waals surface area contributed by atoms with Gasteiger partial charge in [-0.05, 0) is 73.2 Å². The van der Waals surface area contributed by atoms with Gasteiger partial charge in [0.1, 0.15) is 23.0 Å². The van der Waals surface area contributed by atoms with Gasteiger partial charge in [0.2, 0.25) is 5.95 Å². The van der Waals surface area contributed by atoms with Crippen molar-refractivity contribution in [2.75, 3.05) is 37.3 Å². The molecule has 15 heteroatoms. The molecule has 3 aromatic heterocycles. The lowest BCUT2D eigenvalue weighted by Crippen LogP contribution is -2.24. The third-order valence-corrected chi connectivity index (χ3v) is 10.5. The fourth-order valence-corrected chi connectivity index (χ4v) is 6.99. The number of benzene rings is 3. The zero-order chi connectivity index (χ0) is 38.3. The molecule has 0 bridgehead atoms. The van der Waals surface area contributed by atoms with Crippen LogP contribution in [0.4, 0.5) is 32.1 Å². The summed E-state index contributed by atoms with van der Waals surface area (Å²) in [5.74, 6) is 0.560. The van der Waals surface area contributed by atoms with E-state index in [0.717, 1.165) is 59.4 Å². The highest BCUT2D eigenvalue weighted by Crippen LogP contribution is 2.50. The smallest absolute Gasteiger partial charge is 0.232 e. The van der Waals surface area contributed by atoms with Gasteiger partial charge in [0, 0.05) is 49.4 Å². The van der Waals surface area contributed by atoms with Crippen molar-refractivity contribution in [1.29, 1.82) is 0 Å². The van der Waals surface area contributed by atoms with E-state index in [9.17, 15) is 8.42 Å². The number of hydrogen-bond acceptors (Lipinski definition) is 10. The van der Waals surface area contributed by atoms with Crippen molar-refractivity contribution in [2.24, 2.45) is 7.05 Å². The van der Waals surface area contributed by atoms with Crippen LogP contribution in [0.3, 0.4) is 0 Å². The lowest BCUT2D eigenvalue weighted by Gasteiger charge is -2.28. The molecule has 12 nitrogen and oxygen atoms in total. The fourth-order valence-electron chi connectivity index (χ4n) is 6.36. The number of ether oxygens (including phenoxy) is 2. The maximum Gasteiger partial charge on any atom is 0.232 e.